The Labute approximate surface area is 113 Å². The molecule has 3 N–H and O–H groups in total. The van der Waals surface area contributed by atoms with Crippen LogP contribution in [0.5, 0.6) is 0 Å². The molecule has 6 nitrogen and oxygen atoms in total. The van der Waals surface area contributed by atoms with Gasteiger partial charge in [0, 0.05) is 6.54 Å². The van der Waals surface area contributed by atoms with Crippen molar-refractivity contribution >= 4 is 11.9 Å². The van der Waals surface area contributed by atoms with Crippen molar-refractivity contribution in [2.75, 3.05) is 32.7 Å². The Morgan fingerprint density at radius 3 is 2.37 bits per heavy atom. The van der Waals surface area contributed by atoms with Gasteiger partial charge in [-0.25, -0.2) is 4.79 Å². The molecule has 0 aromatic heterocycles. The molecular weight excluding hydrogens is 244 g/mol. The van der Waals surface area contributed by atoms with Crippen molar-refractivity contribution in [1.82, 2.24) is 20.9 Å². The van der Waals surface area contributed by atoms with Crippen LogP contribution in [-0.4, -0.2) is 55.1 Å². The van der Waals surface area contributed by atoms with E-state index in [1.807, 2.05) is 0 Å². The number of rotatable bonds is 2. The minimum atomic E-state index is -0.616. The minimum absolute atomic E-state index is 0.00228. The molecular formula is C13H22N4O2. The maximum atomic E-state index is 12.6. The largest absolute Gasteiger partial charge is 0.325 e. The van der Waals surface area contributed by atoms with E-state index in [9.17, 15) is 9.59 Å². The molecule has 0 bridgehead atoms. The monoisotopic (exact) mass is 266 g/mol. The Morgan fingerprint density at radius 2 is 1.68 bits per heavy atom. The molecule has 6 heteroatoms. The van der Waals surface area contributed by atoms with Crippen molar-refractivity contribution in [3.8, 4) is 0 Å². The molecule has 0 aliphatic carbocycles. The van der Waals surface area contributed by atoms with E-state index < -0.39 is 5.54 Å². The highest BCUT2D eigenvalue weighted by atomic mass is 16.2. The van der Waals surface area contributed by atoms with Crippen molar-refractivity contribution < 1.29 is 9.59 Å². The Bertz CT molecular complexity index is 373. The number of carbonyl (C=O) groups is 2. The molecule has 3 fully saturated rings. The zero-order chi connectivity index (χ0) is 13.3. The summed E-state index contributed by atoms with van der Waals surface area (Å²) in [6.07, 6.45) is 3.51. The molecule has 0 saturated carbocycles. The maximum absolute atomic E-state index is 12.6. The van der Waals surface area contributed by atoms with Gasteiger partial charge in [0.1, 0.15) is 5.54 Å². The average Bonchev–Trinajstić information content (AvgIpc) is 2.66. The summed E-state index contributed by atoms with van der Waals surface area (Å²) in [5, 5.41) is 9.48. The molecule has 3 saturated heterocycles. The molecule has 0 aromatic carbocycles. The summed E-state index contributed by atoms with van der Waals surface area (Å²) in [5.41, 5.74) is -0.616. The van der Waals surface area contributed by atoms with Gasteiger partial charge in [-0.05, 0) is 57.8 Å². The van der Waals surface area contributed by atoms with Crippen LogP contribution < -0.4 is 16.0 Å². The normalized spacial score (nSPS) is 27.9. The number of carbonyl (C=O) groups excluding carboxylic acids is 2. The summed E-state index contributed by atoms with van der Waals surface area (Å²) >= 11 is 0. The smallest absolute Gasteiger partial charge is 0.323 e. The molecule has 3 aliphatic heterocycles. The van der Waals surface area contributed by atoms with Gasteiger partial charge in [0.2, 0.25) is 0 Å². The second kappa shape index (κ2) is 5.09. The molecule has 0 aromatic rings. The second-order valence-corrected chi connectivity index (χ2v) is 5.87. The van der Waals surface area contributed by atoms with Crippen molar-refractivity contribution in [2.24, 2.45) is 5.92 Å². The highest BCUT2D eigenvalue weighted by Gasteiger charge is 2.51. The molecule has 3 amide bonds. The lowest BCUT2D eigenvalue weighted by Crippen LogP contribution is -2.54. The summed E-state index contributed by atoms with van der Waals surface area (Å²) in [4.78, 5) is 26.1. The van der Waals surface area contributed by atoms with Gasteiger partial charge in [-0.15, -0.1) is 0 Å². The molecule has 3 aliphatic rings. The van der Waals surface area contributed by atoms with Crippen LogP contribution in [0.4, 0.5) is 4.79 Å². The third-order valence-electron chi connectivity index (χ3n) is 4.60. The van der Waals surface area contributed by atoms with E-state index >= 15 is 0 Å². The Balaban J connectivity index is 1.68. The first-order valence-corrected chi connectivity index (χ1v) is 7.27. The molecule has 1 spiro atoms. The lowest BCUT2D eigenvalue weighted by molar-refractivity contribution is -0.132. The van der Waals surface area contributed by atoms with E-state index in [-0.39, 0.29) is 11.9 Å². The summed E-state index contributed by atoms with van der Waals surface area (Å²) in [6.45, 7) is 4.16. The van der Waals surface area contributed by atoms with Gasteiger partial charge >= 0.3 is 6.03 Å². The lowest BCUT2D eigenvalue weighted by atomic mass is 9.88. The van der Waals surface area contributed by atoms with E-state index in [4.69, 9.17) is 0 Å². The molecule has 0 radical (unpaired) electrons. The summed E-state index contributed by atoms with van der Waals surface area (Å²) in [7, 11) is 0. The summed E-state index contributed by atoms with van der Waals surface area (Å²) in [6, 6.07) is -0.189. The number of hydrogen-bond acceptors (Lipinski definition) is 4. The number of piperidine rings is 2. The molecule has 3 rings (SSSR count). The fourth-order valence-electron chi connectivity index (χ4n) is 3.36. The van der Waals surface area contributed by atoms with Gasteiger partial charge < -0.3 is 16.0 Å². The molecule has 19 heavy (non-hydrogen) atoms. The number of urea groups is 1. The van der Waals surface area contributed by atoms with Gasteiger partial charge in [0.25, 0.3) is 5.91 Å². The molecule has 0 unspecified atom stereocenters. The summed E-state index contributed by atoms with van der Waals surface area (Å²) in [5.74, 6) is 0.449. The standard InChI is InChI=1S/C13H22N4O2/c18-11-13(3-7-15-8-4-13)16-12(19)17(11)9-10-1-5-14-6-2-10/h10,14-15H,1-9H2,(H,16,19). The second-order valence-electron chi connectivity index (χ2n) is 5.87. The Hall–Kier alpha value is -1.14. The maximum Gasteiger partial charge on any atom is 0.325 e. The number of imide groups is 1. The van der Waals surface area contributed by atoms with Crippen LogP contribution in [0.15, 0.2) is 0 Å². The quantitative estimate of drug-likeness (QED) is 0.598. The number of nitrogens with one attached hydrogen (secondary N) is 3. The van der Waals surface area contributed by atoms with Gasteiger partial charge in [-0.2, -0.15) is 0 Å². The fourth-order valence-corrected chi connectivity index (χ4v) is 3.36. The van der Waals surface area contributed by atoms with Gasteiger partial charge in [-0.3, -0.25) is 9.69 Å². The van der Waals surface area contributed by atoms with Crippen LogP contribution in [0.2, 0.25) is 0 Å². The van der Waals surface area contributed by atoms with Gasteiger partial charge in [-0.1, -0.05) is 0 Å². The molecule has 3 heterocycles. The first kappa shape index (κ1) is 12.9. The zero-order valence-corrected chi connectivity index (χ0v) is 11.2. The van der Waals surface area contributed by atoms with Crippen LogP contribution in [0.25, 0.3) is 0 Å². The number of hydrogen-bond donors (Lipinski definition) is 3. The third-order valence-corrected chi connectivity index (χ3v) is 4.60. The SMILES string of the molecule is O=C1NC2(CCNCC2)C(=O)N1CC1CCNCC1. The number of amides is 3. The van der Waals surface area contributed by atoms with E-state index in [0.29, 0.717) is 25.3 Å². The van der Waals surface area contributed by atoms with Crippen molar-refractivity contribution in [3.63, 3.8) is 0 Å². The fraction of sp³-hybridized carbons (Fsp3) is 0.846. The predicted molar refractivity (Wildman–Crippen MR) is 70.7 cm³/mol. The van der Waals surface area contributed by atoms with Crippen molar-refractivity contribution in [3.05, 3.63) is 0 Å². The Kier molecular flexibility index (Phi) is 3.45. The first-order valence-electron chi connectivity index (χ1n) is 7.27. The highest BCUT2D eigenvalue weighted by Crippen LogP contribution is 2.28. The van der Waals surface area contributed by atoms with Gasteiger partial charge in [0.05, 0.1) is 0 Å². The lowest BCUT2D eigenvalue weighted by Gasteiger charge is -2.31. The zero-order valence-electron chi connectivity index (χ0n) is 11.2. The minimum Gasteiger partial charge on any atom is -0.323 e. The van der Waals surface area contributed by atoms with E-state index in [1.54, 1.807) is 0 Å². The van der Waals surface area contributed by atoms with Crippen molar-refractivity contribution in [1.29, 1.82) is 0 Å². The topological polar surface area (TPSA) is 73.5 Å². The van der Waals surface area contributed by atoms with E-state index in [1.165, 1.54) is 4.90 Å². The van der Waals surface area contributed by atoms with Crippen molar-refractivity contribution in [2.45, 2.75) is 31.2 Å². The van der Waals surface area contributed by atoms with Gasteiger partial charge in [0.15, 0.2) is 0 Å². The summed E-state index contributed by atoms with van der Waals surface area (Å²) < 4.78 is 0. The average molecular weight is 266 g/mol. The predicted octanol–water partition coefficient (Wildman–Crippen LogP) is -0.340. The Morgan fingerprint density at radius 1 is 1.05 bits per heavy atom. The van der Waals surface area contributed by atoms with Crippen LogP contribution in [-0.2, 0) is 4.79 Å². The van der Waals surface area contributed by atoms with Crippen LogP contribution >= 0.6 is 0 Å². The highest BCUT2D eigenvalue weighted by molar-refractivity contribution is 6.07. The van der Waals surface area contributed by atoms with E-state index in [0.717, 1.165) is 39.0 Å². The number of nitrogens with zero attached hydrogens (tertiary/aromatic N) is 1. The van der Waals surface area contributed by atoms with E-state index in [2.05, 4.69) is 16.0 Å². The first-order chi connectivity index (χ1) is 9.21. The van der Waals surface area contributed by atoms with Crippen LogP contribution in [0, 0.1) is 5.92 Å². The van der Waals surface area contributed by atoms with Crippen LogP contribution in [0.3, 0.4) is 0 Å². The molecule has 0 atom stereocenters. The third kappa shape index (κ3) is 2.34. The molecule has 106 valence electrons. The van der Waals surface area contributed by atoms with Crippen LogP contribution in [0.1, 0.15) is 25.7 Å².